The normalized spacial score (nSPS) is 19.3. The minimum Gasteiger partial charge on any atom is -0.381 e. The summed E-state index contributed by atoms with van der Waals surface area (Å²) in [6.07, 6.45) is 4.02. The SMILES string of the molecule is Cc1cc2nc(N[C@@H](C)c3cncc(F)c3)nc(C(=O)N3CC(CC(=O)C4CCOC4)C3)c2s1. The van der Waals surface area contributed by atoms with E-state index in [9.17, 15) is 14.0 Å². The molecule has 3 aromatic heterocycles. The standard InChI is InChI=1S/C24H26FN5O3S/c1-13-5-19-22(34-13)21(29-24(28-19)27-14(2)17-7-18(25)9-26-8-17)23(32)30-10-15(11-30)6-20(31)16-3-4-33-12-16/h5,7-9,14-16H,3-4,6,10-12H2,1-2H3,(H,27,28,29)/t14-,16?/m0/s1. The molecule has 2 atom stereocenters. The molecule has 3 aromatic rings. The van der Waals surface area contributed by atoms with Crippen LogP contribution in [0, 0.1) is 24.6 Å². The average molecular weight is 484 g/mol. The zero-order chi connectivity index (χ0) is 23.8. The minimum atomic E-state index is -0.418. The molecule has 10 heteroatoms. The molecule has 0 aliphatic carbocycles. The lowest BCUT2D eigenvalue weighted by Crippen LogP contribution is -2.51. The Balaban J connectivity index is 1.31. The van der Waals surface area contributed by atoms with Crippen LogP contribution in [0.2, 0.25) is 0 Å². The Bertz CT molecular complexity index is 1240. The smallest absolute Gasteiger partial charge is 0.274 e. The van der Waals surface area contributed by atoms with Crippen LogP contribution in [-0.2, 0) is 9.53 Å². The number of nitrogens with one attached hydrogen (secondary N) is 1. The van der Waals surface area contributed by atoms with E-state index in [1.807, 2.05) is 19.9 Å². The van der Waals surface area contributed by atoms with Crippen LogP contribution >= 0.6 is 11.3 Å². The molecule has 2 aliphatic rings. The number of Topliss-reactive ketones (excluding diaryl/α,β-unsaturated/α-hetero) is 1. The number of hydrogen-bond acceptors (Lipinski definition) is 8. The van der Waals surface area contributed by atoms with Gasteiger partial charge in [0.05, 0.1) is 29.1 Å². The fourth-order valence-corrected chi connectivity index (χ4v) is 5.39. The summed E-state index contributed by atoms with van der Waals surface area (Å²) in [6, 6.07) is 3.03. The number of amides is 1. The predicted octanol–water partition coefficient (Wildman–Crippen LogP) is 3.77. The lowest BCUT2D eigenvalue weighted by atomic mass is 9.89. The number of likely N-dealkylation sites (tertiary alicyclic amines) is 1. The monoisotopic (exact) mass is 483 g/mol. The van der Waals surface area contributed by atoms with Gasteiger partial charge in [-0.2, -0.15) is 0 Å². The van der Waals surface area contributed by atoms with E-state index in [0.717, 1.165) is 22.2 Å². The van der Waals surface area contributed by atoms with Crippen LogP contribution in [0.4, 0.5) is 10.3 Å². The van der Waals surface area contributed by atoms with E-state index >= 15 is 0 Å². The van der Waals surface area contributed by atoms with Gasteiger partial charge in [0.2, 0.25) is 5.95 Å². The molecule has 178 valence electrons. The third-order valence-corrected chi connectivity index (χ3v) is 7.43. The number of pyridine rings is 1. The number of ether oxygens (including phenoxy) is 1. The maximum absolute atomic E-state index is 13.6. The number of nitrogens with zero attached hydrogens (tertiary/aromatic N) is 4. The summed E-state index contributed by atoms with van der Waals surface area (Å²) in [5.74, 6) is 0.143. The molecule has 0 radical (unpaired) electrons. The first-order valence-electron chi connectivity index (χ1n) is 11.4. The third kappa shape index (κ3) is 4.65. The number of ketones is 1. The maximum atomic E-state index is 13.6. The van der Waals surface area contributed by atoms with Crippen molar-refractivity contribution in [2.24, 2.45) is 11.8 Å². The molecule has 1 amide bonds. The molecule has 34 heavy (non-hydrogen) atoms. The van der Waals surface area contributed by atoms with Crippen LogP contribution in [0.3, 0.4) is 0 Å². The van der Waals surface area contributed by atoms with Gasteiger partial charge in [-0.3, -0.25) is 14.6 Å². The van der Waals surface area contributed by atoms with Crippen molar-refractivity contribution in [1.29, 1.82) is 0 Å². The molecule has 8 nitrogen and oxygen atoms in total. The molecule has 5 heterocycles. The van der Waals surface area contributed by atoms with Gasteiger partial charge in [0, 0.05) is 49.0 Å². The molecule has 5 rings (SSSR count). The molecule has 0 aromatic carbocycles. The van der Waals surface area contributed by atoms with E-state index in [1.165, 1.54) is 17.4 Å². The highest BCUT2D eigenvalue weighted by atomic mass is 32.1. The number of halogens is 1. The van der Waals surface area contributed by atoms with Crippen LogP contribution < -0.4 is 5.32 Å². The summed E-state index contributed by atoms with van der Waals surface area (Å²) in [4.78, 5) is 41.6. The first-order chi connectivity index (χ1) is 16.4. The van der Waals surface area contributed by atoms with E-state index in [2.05, 4.69) is 20.3 Å². The number of hydrogen-bond donors (Lipinski definition) is 1. The summed E-state index contributed by atoms with van der Waals surface area (Å²) in [6.45, 7) is 6.08. The molecule has 0 spiro atoms. The Labute approximate surface area is 200 Å². The largest absolute Gasteiger partial charge is 0.381 e. The molecule has 1 N–H and O–H groups in total. The minimum absolute atomic E-state index is 0.00393. The maximum Gasteiger partial charge on any atom is 0.274 e. The van der Waals surface area contributed by atoms with Crippen molar-refractivity contribution in [1.82, 2.24) is 19.9 Å². The van der Waals surface area contributed by atoms with Crippen molar-refractivity contribution >= 4 is 39.2 Å². The summed E-state index contributed by atoms with van der Waals surface area (Å²) in [7, 11) is 0. The molecule has 2 aliphatic heterocycles. The molecule has 1 unspecified atom stereocenters. The molecule has 2 saturated heterocycles. The quantitative estimate of drug-likeness (QED) is 0.546. The number of thiophene rings is 1. The second-order valence-electron chi connectivity index (χ2n) is 9.08. The van der Waals surface area contributed by atoms with E-state index in [0.29, 0.717) is 55.4 Å². The summed E-state index contributed by atoms with van der Waals surface area (Å²) >= 11 is 1.49. The number of carbonyl (C=O) groups excluding carboxylic acids is 2. The predicted molar refractivity (Wildman–Crippen MR) is 126 cm³/mol. The Hall–Kier alpha value is -2.98. The lowest BCUT2D eigenvalue weighted by Gasteiger charge is -2.39. The summed E-state index contributed by atoms with van der Waals surface area (Å²) in [5, 5.41) is 3.17. The van der Waals surface area contributed by atoms with Crippen LogP contribution in [0.25, 0.3) is 10.2 Å². The van der Waals surface area contributed by atoms with Gasteiger partial charge in [-0.1, -0.05) is 0 Å². The molecule has 0 bridgehead atoms. The van der Waals surface area contributed by atoms with Crippen molar-refractivity contribution in [2.75, 3.05) is 31.6 Å². The van der Waals surface area contributed by atoms with Crippen molar-refractivity contribution in [3.63, 3.8) is 0 Å². The van der Waals surface area contributed by atoms with E-state index in [4.69, 9.17) is 4.74 Å². The number of aromatic nitrogens is 3. The zero-order valence-corrected chi connectivity index (χ0v) is 19.9. The second kappa shape index (κ2) is 9.34. The number of rotatable bonds is 7. The number of carbonyl (C=O) groups is 2. The van der Waals surface area contributed by atoms with Crippen molar-refractivity contribution in [3.8, 4) is 0 Å². The van der Waals surface area contributed by atoms with Gasteiger partial charge < -0.3 is 15.0 Å². The Morgan fingerprint density at radius 1 is 1.29 bits per heavy atom. The first-order valence-corrected chi connectivity index (χ1v) is 12.2. The molecular formula is C24H26FN5O3S. The van der Waals surface area contributed by atoms with E-state index < -0.39 is 5.82 Å². The van der Waals surface area contributed by atoms with Gasteiger partial charge in [0.25, 0.3) is 5.91 Å². The van der Waals surface area contributed by atoms with Crippen molar-refractivity contribution in [2.45, 2.75) is 32.7 Å². The topological polar surface area (TPSA) is 97.3 Å². The Kier molecular flexibility index (Phi) is 6.26. The second-order valence-corrected chi connectivity index (χ2v) is 10.3. The van der Waals surface area contributed by atoms with Crippen LogP contribution in [0.1, 0.15) is 46.7 Å². The van der Waals surface area contributed by atoms with Gasteiger partial charge in [-0.25, -0.2) is 14.4 Å². The van der Waals surface area contributed by atoms with Gasteiger partial charge >= 0.3 is 0 Å². The van der Waals surface area contributed by atoms with Crippen molar-refractivity contribution in [3.05, 3.63) is 46.5 Å². The number of aryl methyl sites for hydroxylation is 1. The van der Waals surface area contributed by atoms with Gasteiger partial charge in [-0.15, -0.1) is 11.3 Å². The fraction of sp³-hybridized carbons (Fsp3) is 0.458. The average Bonchev–Trinajstić information content (AvgIpc) is 3.44. The van der Waals surface area contributed by atoms with Gasteiger partial charge in [0.15, 0.2) is 5.69 Å². The molecular weight excluding hydrogens is 457 g/mol. The van der Waals surface area contributed by atoms with E-state index in [1.54, 1.807) is 11.1 Å². The van der Waals surface area contributed by atoms with Gasteiger partial charge in [-0.05, 0) is 38.0 Å². The zero-order valence-electron chi connectivity index (χ0n) is 19.1. The molecule has 0 saturated carbocycles. The first kappa shape index (κ1) is 22.8. The lowest BCUT2D eigenvalue weighted by molar-refractivity contribution is -0.124. The molecule has 2 fully saturated rings. The highest BCUT2D eigenvalue weighted by Crippen LogP contribution is 2.31. The summed E-state index contributed by atoms with van der Waals surface area (Å²) in [5.41, 5.74) is 1.70. The van der Waals surface area contributed by atoms with Crippen molar-refractivity contribution < 1.29 is 18.7 Å². The number of anilines is 1. The van der Waals surface area contributed by atoms with E-state index in [-0.39, 0.29) is 29.6 Å². The highest BCUT2D eigenvalue weighted by Gasteiger charge is 2.36. The summed E-state index contributed by atoms with van der Waals surface area (Å²) < 4.78 is 19.6. The fourth-order valence-electron chi connectivity index (χ4n) is 4.46. The van der Waals surface area contributed by atoms with Crippen LogP contribution in [-0.4, -0.2) is 57.8 Å². The Morgan fingerprint density at radius 3 is 2.85 bits per heavy atom. The number of fused-ring (bicyclic) bond motifs is 1. The third-order valence-electron chi connectivity index (χ3n) is 6.39. The van der Waals surface area contributed by atoms with Gasteiger partial charge in [0.1, 0.15) is 11.6 Å². The van der Waals surface area contributed by atoms with Crippen LogP contribution in [0.15, 0.2) is 24.5 Å². The highest BCUT2D eigenvalue weighted by molar-refractivity contribution is 7.19. The Morgan fingerprint density at radius 2 is 2.12 bits per heavy atom. The van der Waals surface area contributed by atoms with Crippen LogP contribution in [0.5, 0.6) is 0 Å².